The molecular weight excluding hydrogens is 487 g/mol. The van der Waals surface area contributed by atoms with Crippen molar-refractivity contribution in [3.8, 4) is 5.75 Å². The maximum absolute atomic E-state index is 12.9. The number of rotatable bonds is 9. The minimum Gasteiger partial charge on any atom is -0.481 e. The van der Waals surface area contributed by atoms with E-state index in [4.69, 9.17) is 4.74 Å². The van der Waals surface area contributed by atoms with Crippen LogP contribution in [0.1, 0.15) is 17.5 Å². The van der Waals surface area contributed by atoms with Crippen molar-refractivity contribution in [3.05, 3.63) is 83.9 Å². The average Bonchev–Trinajstić information content (AvgIpc) is 2.79. The molecule has 35 heavy (non-hydrogen) atoms. The highest BCUT2D eigenvalue weighted by atomic mass is 32.2. The van der Waals surface area contributed by atoms with Crippen molar-refractivity contribution in [2.24, 2.45) is 0 Å². The van der Waals surface area contributed by atoms with Crippen LogP contribution in [0.5, 0.6) is 5.75 Å². The van der Waals surface area contributed by atoms with Crippen molar-refractivity contribution in [2.45, 2.75) is 47.1 Å². The Morgan fingerprint density at radius 3 is 1.74 bits per heavy atom. The van der Waals surface area contributed by atoms with Crippen LogP contribution < -0.4 is 4.74 Å². The lowest BCUT2D eigenvalue weighted by Gasteiger charge is -2.19. The summed E-state index contributed by atoms with van der Waals surface area (Å²) in [5.74, 6) is -5.53. The predicted octanol–water partition coefficient (Wildman–Crippen LogP) is 6.91. The first-order chi connectivity index (χ1) is 16.5. The summed E-state index contributed by atoms with van der Waals surface area (Å²) in [6.07, 6.45) is -7.33. The molecule has 0 aliphatic rings. The summed E-state index contributed by atoms with van der Waals surface area (Å²) in [5, 5.41) is 0. The minimum absolute atomic E-state index is 0.387. The zero-order valence-electron chi connectivity index (χ0n) is 19.1. The third-order valence-electron chi connectivity index (χ3n) is 5.06. The van der Waals surface area contributed by atoms with Crippen LogP contribution in [-0.4, -0.2) is 31.3 Å². The summed E-state index contributed by atoms with van der Waals surface area (Å²) < 4.78 is 72.6. The van der Waals surface area contributed by atoms with Crippen LogP contribution in [0.4, 0.5) is 22.0 Å². The maximum Gasteiger partial charge on any atom is 0.453 e. The van der Waals surface area contributed by atoms with Crippen molar-refractivity contribution in [2.75, 3.05) is 13.2 Å². The monoisotopic (exact) mass is 511 g/mol. The fourth-order valence-electron chi connectivity index (χ4n) is 3.39. The molecule has 0 N–H and O–H groups in total. The molecule has 3 aromatic rings. The molecule has 0 atom stereocenters. The molecule has 0 spiro atoms. The van der Waals surface area contributed by atoms with Crippen LogP contribution in [0.25, 0.3) is 0 Å². The van der Waals surface area contributed by atoms with Crippen molar-refractivity contribution in [3.63, 3.8) is 0 Å². The highest BCUT2D eigenvalue weighted by Gasteiger charge is 2.57. The van der Waals surface area contributed by atoms with Crippen LogP contribution in [-0.2, 0) is 20.4 Å². The second kappa shape index (κ2) is 11.1. The van der Waals surface area contributed by atoms with E-state index in [0.717, 1.165) is 25.8 Å². The molecule has 3 aromatic carbocycles. The molecule has 0 heterocycles. The van der Waals surface area contributed by atoms with Crippen molar-refractivity contribution >= 4 is 16.9 Å². The Morgan fingerprint density at radius 2 is 1.29 bits per heavy atom. The molecule has 0 saturated carbocycles. The van der Waals surface area contributed by atoms with Gasteiger partial charge in [0.25, 0.3) is 0 Å². The van der Waals surface area contributed by atoms with Crippen LogP contribution in [0.15, 0.2) is 87.5 Å². The molecule has 0 aliphatic heterocycles. The van der Waals surface area contributed by atoms with Gasteiger partial charge in [-0.15, -0.1) is 0 Å². The number of ether oxygens (including phenoxy) is 2. The Balaban J connectivity index is 1.72. The van der Waals surface area contributed by atoms with Crippen molar-refractivity contribution in [1.29, 1.82) is 0 Å². The highest BCUT2D eigenvalue weighted by Crippen LogP contribution is 2.38. The van der Waals surface area contributed by atoms with E-state index in [-0.39, 0.29) is 10.9 Å². The molecule has 3 rings (SSSR count). The van der Waals surface area contributed by atoms with Crippen LogP contribution in [0.2, 0.25) is 0 Å². The topological polar surface area (TPSA) is 35.5 Å². The van der Waals surface area contributed by atoms with E-state index >= 15 is 0 Å². The Hall–Kier alpha value is -3.07. The van der Waals surface area contributed by atoms with E-state index in [1.165, 1.54) is 0 Å². The molecule has 0 saturated heterocycles. The lowest BCUT2D eigenvalue weighted by Crippen LogP contribution is -2.37. The van der Waals surface area contributed by atoms with E-state index in [2.05, 4.69) is 29.0 Å². The second-order valence-electron chi connectivity index (χ2n) is 7.78. The third-order valence-corrected chi connectivity index (χ3v) is 7.25. The van der Waals surface area contributed by atoms with Crippen LogP contribution >= 0.6 is 0 Å². The van der Waals surface area contributed by atoms with Crippen LogP contribution in [0.3, 0.4) is 0 Å². The van der Waals surface area contributed by atoms with Gasteiger partial charge in [0.2, 0.25) is 0 Å². The number of hydrogen-bond donors (Lipinski definition) is 0. The summed E-state index contributed by atoms with van der Waals surface area (Å²) in [6.45, 7) is 1.96. The van der Waals surface area contributed by atoms with Crippen molar-refractivity contribution in [1.82, 2.24) is 0 Å². The van der Waals surface area contributed by atoms with Gasteiger partial charge in [0, 0.05) is 12.1 Å². The quantitative estimate of drug-likeness (QED) is 0.178. The Morgan fingerprint density at radius 1 is 0.800 bits per heavy atom. The van der Waals surface area contributed by atoms with Crippen molar-refractivity contribution < 1.29 is 36.2 Å². The van der Waals surface area contributed by atoms with Gasteiger partial charge in [-0.2, -0.15) is 22.0 Å². The van der Waals surface area contributed by atoms with Gasteiger partial charge in [0.15, 0.2) is 21.3 Å². The molecule has 0 amide bonds. The molecule has 0 aliphatic carbocycles. The number of benzene rings is 3. The zero-order valence-corrected chi connectivity index (χ0v) is 19.9. The molecule has 3 nitrogen and oxygen atoms in total. The van der Waals surface area contributed by atoms with Gasteiger partial charge < -0.3 is 9.47 Å². The maximum atomic E-state index is 12.9. The molecule has 0 radical (unpaired) electrons. The fraction of sp³-hybridized carbons (Fsp3) is 0.269. The third kappa shape index (κ3) is 6.75. The van der Waals surface area contributed by atoms with Gasteiger partial charge in [-0.1, -0.05) is 36.4 Å². The van der Waals surface area contributed by atoms with E-state index < -0.39 is 37.7 Å². The summed E-state index contributed by atoms with van der Waals surface area (Å²) in [4.78, 5) is 15.2. The number of alkyl halides is 5. The molecule has 0 unspecified atom stereocenters. The number of halogens is 5. The van der Waals surface area contributed by atoms with Gasteiger partial charge >= 0.3 is 18.1 Å². The Bertz CT molecular complexity index is 1070. The van der Waals surface area contributed by atoms with E-state index in [1.54, 1.807) is 0 Å². The SMILES string of the molecule is Cc1cc([S+](c2ccccc2)c2ccccc2)cc(C)c1OCC(=O)OCCC(F)(F)C(F)(F)F. The Labute approximate surface area is 203 Å². The van der Waals surface area contributed by atoms with Gasteiger partial charge in [-0.05, 0) is 49.2 Å². The predicted molar refractivity (Wildman–Crippen MR) is 123 cm³/mol. The van der Waals surface area contributed by atoms with Gasteiger partial charge in [-0.3, -0.25) is 0 Å². The smallest absolute Gasteiger partial charge is 0.453 e. The summed E-state index contributed by atoms with van der Waals surface area (Å²) in [7, 11) is -0.387. The summed E-state index contributed by atoms with van der Waals surface area (Å²) in [5.41, 5.74) is 1.50. The lowest BCUT2D eigenvalue weighted by molar-refractivity contribution is -0.286. The summed E-state index contributed by atoms with van der Waals surface area (Å²) in [6, 6.07) is 24.0. The molecule has 0 aromatic heterocycles. The first-order valence-electron chi connectivity index (χ1n) is 10.7. The zero-order chi connectivity index (χ0) is 25.6. The number of carbonyl (C=O) groups excluding carboxylic acids is 1. The van der Waals surface area contributed by atoms with E-state index in [0.29, 0.717) is 5.75 Å². The second-order valence-corrected chi connectivity index (χ2v) is 9.81. The molecule has 0 bridgehead atoms. The highest BCUT2D eigenvalue weighted by molar-refractivity contribution is 7.97. The number of esters is 1. The van der Waals surface area contributed by atoms with Crippen LogP contribution in [0, 0.1) is 13.8 Å². The lowest BCUT2D eigenvalue weighted by atomic mass is 10.1. The van der Waals surface area contributed by atoms with Gasteiger partial charge in [-0.25, -0.2) is 4.79 Å². The number of aryl methyl sites for hydroxylation is 2. The molecule has 186 valence electrons. The van der Waals surface area contributed by atoms with Gasteiger partial charge in [0.1, 0.15) is 5.75 Å². The van der Waals surface area contributed by atoms with Gasteiger partial charge in [0.05, 0.1) is 23.9 Å². The minimum atomic E-state index is -5.69. The fourth-order valence-corrected chi connectivity index (χ4v) is 5.65. The average molecular weight is 512 g/mol. The van der Waals surface area contributed by atoms with E-state index in [9.17, 15) is 26.7 Å². The first-order valence-corrected chi connectivity index (χ1v) is 11.9. The molecule has 9 heteroatoms. The van der Waals surface area contributed by atoms with E-state index in [1.807, 2.05) is 62.4 Å². The summed E-state index contributed by atoms with van der Waals surface area (Å²) >= 11 is 0. The standard InChI is InChI=1S/C26H24F5O3S/c1-18-15-22(35(20-9-5-3-6-10-20)21-11-7-4-8-12-21)16-19(2)24(18)34-17-23(32)33-14-13-25(27,28)26(29,30)31/h3-12,15-16H,13-14,17H2,1-2H3/q+1. The first kappa shape index (κ1) is 26.5. The number of carbonyl (C=O) groups is 1. The molecule has 0 fully saturated rings. The normalized spacial score (nSPS) is 12.0. The number of hydrogen-bond acceptors (Lipinski definition) is 3. The molecular formula is C26H24F5O3S+. The largest absolute Gasteiger partial charge is 0.481 e. The Kier molecular flexibility index (Phi) is 8.43.